The van der Waals surface area contributed by atoms with Gasteiger partial charge in [0, 0.05) is 6.92 Å². The maximum Gasteiger partial charge on any atom is 0.359 e. The van der Waals surface area contributed by atoms with Crippen LogP contribution in [0.1, 0.15) is 13.8 Å². The summed E-state index contributed by atoms with van der Waals surface area (Å²) in [6, 6.07) is 0. The minimum atomic E-state index is -5.94. The molecule has 0 aliphatic heterocycles. The van der Waals surface area contributed by atoms with E-state index in [1.165, 1.54) is 0 Å². The third kappa shape index (κ3) is 1.83. The lowest BCUT2D eigenvalue weighted by Gasteiger charge is -2.31. The van der Waals surface area contributed by atoms with Crippen molar-refractivity contribution in [2.75, 3.05) is 0 Å². The molecule has 0 saturated heterocycles. The van der Waals surface area contributed by atoms with Crippen LogP contribution in [0.3, 0.4) is 0 Å². The second-order valence-electron chi connectivity index (χ2n) is 2.85. The van der Waals surface area contributed by atoms with Crippen LogP contribution in [0, 0.1) is 0 Å². The topological polar surface area (TPSA) is 54.4 Å². The van der Waals surface area contributed by atoms with Gasteiger partial charge in [0.05, 0.1) is 0 Å². The van der Waals surface area contributed by atoms with E-state index in [0.717, 1.165) is 0 Å². The Morgan fingerprint density at radius 1 is 1.00 bits per heavy atom. The number of alkyl halides is 5. The zero-order valence-electron chi connectivity index (χ0n) is 7.06. The van der Waals surface area contributed by atoms with Crippen LogP contribution >= 0.6 is 0 Å². The highest BCUT2D eigenvalue weighted by molar-refractivity contribution is 7.87. The molecule has 9 heteroatoms. The average molecular weight is 242 g/mol. The van der Waals surface area contributed by atoms with Crippen LogP contribution < -0.4 is 0 Å². The minimum Gasteiger partial charge on any atom is -0.283 e. The van der Waals surface area contributed by atoms with Gasteiger partial charge in [-0.1, -0.05) is 0 Å². The van der Waals surface area contributed by atoms with E-state index in [-0.39, 0.29) is 13.8 Å². The molecule has 0 aliphatic carbocycles. The first-order valence-corrected chi connectivity index (χ1v) is 4.61. The molecule has 0 rings (SSSR count). The first kappa shape index (κ1) is 13.6. The van der Waals surface area contributed by atoms with Crippen LogP contribution in [0.5, 0.6) is 0 Å². The molecule has 0 saturated carbocycles. The molecule has 1 atom stereocenters. The Kier molecular flexibility index (Phi) is 2.93. The standard InChI is InChI=1S/C5H7F5O3S/c1-3(6,7)5(9,10)4(2,8)14(11,12)13/h1-2H3,(H,11,12,13). The Morgan fingerprint density at radius 2 is 1.29 bits per heavy atom. The molecule has 0 aliphatic rings. The average Bonchev–Trinajstić information content (AvgIpc) is 1.81. The Labute approximate surface area is 76.7 Å². The maximum absolute atomic E-state index is 12.8. The van der Waals surface area contributed by atoms with Crippen LogP contribution in [0.15, 0.2) is 0 Å². The van der Waals surface area contributed by atoms with Gasteiger partial charge >= 0.3 is 27.0 Å². The van der Waals surface area contributed by atoms with E-state index in [0.29, 0.717) is 0 Å². The molecule has 0 amide bonds. The van der Waals surface area contributed by atoms with Crippen LogP contribution in [-0.2, 0) is 10.1 Å². The quantitative estimate of drug-likeness (QED) is 0.607. The Bertz CT molecular complexity index is 315. The number of halogens is 5. The normalized spacial score (nSPS) is 19.1. The van der Waals surface area contributed by atoms with Crippen molar-refractivity contribution in [2.24, 2.45) is 0 Å². The van der Waals surface area contributed by atoms with Gasteiger partial charge in [-0.25, -0.2) is 13.2 Å². The van der Waals surface area contributed by atoms with E-state index in [1.807, 2.05) is 0 Å². The summed E-state index contributed by atoms with van der Waals surface area (Å²) in [6.07, 6.45) is 0. The van der Waals surface area contributed by atoms with Gasteiger partial charge in [0.2, 0.25) is 0 Å². The molecule has 3 nitrogen and oxygen atoms in total. The Balaban J connectivity index is 5.54. The predicted molar refractivity (Wildman–Crippen MR) is 36.6 cm³/mol. The number of hydrogen-bond donors (Lipinski definition) is 1. The maximum atomic E-state index is 12.8. The highest BCUT2D eigenvalue weighted by atomic mass is 32.2. The molecule has 0 spiro atoms. The molecule has 0 bridgehead atoms. The number of hydrogen-bond acceptors (Lipinski definition) is 2. The van der Waals surface area contributed by atoms with Crippen molar-refractivity contribution >= 4 is 10.1 Å². The van der Waals surface area contributed by atoms with Gasteiger partial charge in [-0.3, -0.25) is 4.55 Å². The van der Waals surface area contributed by atoms with E-state index in [4.69, 9.17) is 4.55 Å². The van der Waals surface area contributed by atoms with E-state index >= 15 is 0 Å². The summed E-state index contributed by atoms with van der Waals surface area (Å²) in [7, 11) is -5.94. The van der Waals surface area contributed by atoms with E-state index in [1.54, 1.807) is 0 Å². The highest BCUT2D eigenvalue weighted by Crippen LogP contribution is 2.46. The molecule has 86 valence electrons. The molecular formula is C5H7F5O3S. The molecule has 0 aromatic carbocycles. The fourth-order valence-corrected chi connectivity index (χ4v) is 1.06. The lowest BCUT2D eigenvalue weighted by atomic mass is 10.1. The largest absolute Gasteiger partial charge is 0.359 e. The first-order chi connectivity index (χ1) is 5.75. The molecule has 0 aromatic rings. The second-order valence-corrected chi connectivity index (χ2v) is 4.57. The zero-order chi connectivity index (χ0) is 12.0. The van der Waals surface area contributed by atoms with Crippen LogP contribution in [0.4, 0.5) is 22.0 Å². The summed E-state index contributed by atoms with van der Waals surface area (Å²) in [6.45, 7) is -0.685. The van der Waals surface area contributed by atoms with Gasteiger partial charge in [0.15, 0.2) is 0 Å². The Morgan fingerprint density at radius 3 is 1.36 bits per heavy atom. The monoisotopic (exact) mass is 242 g/mol. The summed E-state index contributed by atoms with van der Waals surface area (Å²) in [4.78, 5) is 0. The second kappa shape index (κ2) is 3.02. The summed E-state index contributed by atoms with van der Waals surface area (Å²) in [5, 5.41) is -4.74. The van der Waals surface area contributed by atoms with Crippen LogP contribution in [-0.4, -0.2) is 29.8 Å². The van der Waals surface area contributed by atoms with Crippen LogP contribution in [0.2, 0.25) is 0 Å². The summed E-state index contributed by atoms with van der Waals surface area (Å²) < 4.78 is 90.5. The Hall–Kier alpha value is -0.440. The van der Waals surface area contributed by atoms with Crippen LogP contribution in [0.25, 0.3) is 0 Å². The molecule has 0 fully saturated rings. The smallest absolute Gasteiger partial charge is 0.283 e. The third-order valence-corrected chi connectivity index (χ3v) is 2.82. The van der Waals surface area contributed by atoms with Gasteiger partial charge < -0.3 is 0 Å². The molecule has 0 aromatic heterocycles. The van der Waals surface area contributed by atoms with Crippen molar-refractivity contribution in [3.63, 3.8) is 0 Å². The molecule has 1 N–H and O–H groups in total. The van der Waals surface area contributed by atoms with Gasteiger partial charge in [-0.05, 0) is 6.92 Å². The molecule has 1 unspecified atom stereocenters. The predicted octanol–water partition coefficient (Wildman–Crippen LogP) is 1.85. The SMILES string of the molecule is CC(F)(F)C(F)(F)C(C)(F)S(=O)(=O)O. The van der Waals surface area contributed by atoms with Crippen molar-refractivity contribution in [3.8, 4) is 0 Å². The third-order valence-electron chi connectivity index (χ3n) is 1.60. The molecule has 14 heavy (non-hydrogen) atoms. The summed E-state index contributed by atoms with van der Waals surface area (Å²) >= 11 is 0. The van der Waals surface area contributed by atoms with Crippen molar-refractivity contribution in [1.29, 1.82) is 0 Å². The summed E-state index contributed by atoms with van der Waals surface area (Å²) in [5.74, 6) is -10.4. The van der Waals surface area contributed by atoms with Gasteiger partial charge in [0.1, 0.15) is 0 Å². The molecule has 0 radical (unpaired) electrons. The van der Waals surface area contributed by atoms with Crippen molar-refractivity contribution in [2.45, 2.75) is 30.7 Å². The fraction of sp³-hybridized carbons (Fsp3) is 1.00. The number of rotatable bonds is 3. The lowest BCUT2D eigenvalue weighted by Crippen LogP contribution is -2.57. The lowest BCUT2D eigenvalue weighted by molar-refractivity contribution is -0.238. The highest BCUT2D eigenvalue weighted by Gasteiger charge is 2.71. The first-order valence-electron chi connectivity index (χ1n) is 3.16. The fourth-order valence-electron chi connectivity index (χ4n) is 0.554. The minimum absolute atomic E-state index is 0.334. The van der Waals surface area contributed by atoms with Gasteiger partial charge in [-0.15, -0.1) is 0 Å². The van der Waals surface area contributed by atoms with E-state index < -0.39 is 27.0 Å². The zero-order valence-corrected chi connectivity index (χ0v) is 7.88. The molecular weight excluding hydrogens is 235 g/mol. The van der Waals surface area contributed by atoms with Gasteiger partial charge in [-0.2, -0.15) is 17.2 Å². The van der Waals surface area contributed by atoms with Crippen molar-refractivity contribution in [1.82, 2.24) is 0 Å². The van der Waals surface area contributed by atoms with E-state index in [9.17, 15) is 30.4 Å². The van der Waals surface area contributed by atoms with Gasteiger partial charge in [0.25, 0.3) is 0 Å². The van der Waals surface area contributed by atoms with Crippen molar-refractivity contribution < 1.29 is 34.9 Å². The van der Waals surface area contributed by atoms with E-state index in [2.05, 4.69) is 0 Å². The van der Waals surface area contributed by atoms with Crippen molar-refractivity contribution in [3.05, 3.63) is 0 Å². The molecule has 0 heterocycles. The summed E-state index contributed by atoms with van der Waals surface area (Å²) in [5.41, 5.74) is 0.